The fraction of sp³-hybridized carbons (Fsp3) is 0.500. The fourth-order valence-corrected chi connectivity index (χ4v) is 0.343. The van der Waals surface area contributed by atoms with E-state index in [2.05, 4.69) is 0 Å². The van der Waals surface area contributed by atoms with Crippen LogP contribution in [0, 0.1) is 0 Å². The van der Waals surface area contributed by atoms with Gasteiger partial charge in [-0.05, 0) is 0 Å². The van der Waals surface area contributed by atoms with Crippen LogP contribution in [0.15, 0.2) is 0 Å². The Kier molecular flexibility index (Phi) is 16.2. The number of carboxylic acids is 5. The minimum Gasteiger partial charge on any atom is -0.481 e. The summed E-state index contributed by atoms with van der Waals surface area (Å²) in [6.07, 6.45) is -1.18. The van der Waals surface area contributed by atoms with Crippen LogP contribution in [-0.4, -0.2) is 55.4 Å². The van der Waals surface area contributed by atoms with Crippen LogP contribution in [0.1, 0.15) is 32.6 Å². The Balaban J connectivity index is -0.000000223. The van der Waals surface area contributed by atoms with Gasteiger partial charge in [0.15, 0.2) is 0 Å². The van der Waals surface area contributed by atoms with Crippen LogP contribution in [0.2, 0.25) is 0 Å². The van der Waals surface area contributed by atoms with Crippen LogP contribution in [0.3, 0.4) is 0 Å². The van der Waals surface area contributed by atoms with Crippen molar-refractivity contribution in [3.8, 4) is 0 Å². The van der Waals surface area contributed by atoms with Crippen molar-refractivity contribution in [3.63, 3.8) is 0 Å². The summed E-state index contributed by atoms with van der Waals surface area (Å²) in [5.41, 5.74) is 0. The predicted octanol–water partition coefficient (Wildman–Crippen LogP) is -0.0375. The van der Waals surface area contributed by atoms with Gasteiger partial charge in [-0.1, -0.05) is 6.92 Å². The third-order valence-electron chi connectivity index (χ3n) is 1.16. The first-order chi connectivity index (χ1) is 9.02. The van der Waals surface area contributed by atoms with E-state index in [0.717, 1.165) is 0 Å². The predicted molar refractivity (Wildman–Crippen MR) is 62.3 cm³/mol. The number of carboxylic acid groups (broad SMARTS) is 5. The molecule has 0 spiro atoms. The molecule has 0 heterocycles. The summed E-state index contributed by atoms with van der Waals surface area (Å²) in [5.74, 6) is -5.52. The number of carbonyl (C=O) groups is 5. The van der Waals surface area contributed by atoms with E-state index in [4.69, 9.17) is 25.5 Å². The lowest BCUT2D eigenvalue weighted by atomic mass is 10.3. The average Bonchev–Trinajstić information content (AvgIpc) is 2.26. The van der Waals surface area contributed by atoms with E-state index in [1.807, 2.05) is 0 Å². The molecule has 0 amide bonds. The zero-order valence-corrected chi connectivity index (χ0v) is 10.6. The standard InChI is InChI=1S/C4H6O4.C3H4O4.C3H6O2/c5-3(6)1-2-4(7)8;4-2(5)1-3(6)7;1-2-3(4)5/h1-2H2,(H,5,6)(H,7,8);1H2,(H,4,5)(H,6,7);2H2,1H3,(H,4,5). The summed E-state index contributed by atoms with van der Waals surface area (Å²) in [4.78, 5) is 47.5. The Hall–Kier alpha value is -2.65. The average molecular weight is 296 g/mol. The summed E-state index contributed by atoms with van der Waals surface area (Å²) < 4.78 is 0. The lowest BCUT2D eigenvalue weighted by Crippen LogP contribution is -2.03. The zero-order chi connectivity index (χ0) is 16.7. The number of aliphatic carboxylic acids is 5. The van der Waals surface area contributed by atoms with E-state index in [1.54, 1.807) is 6.92 Å². The molecule has 0 saturated carbocycles. The van der Waals surface area contributed by atoms with Crippen molar-refractivity contribution >= 4 is 29.8 Å². The summed E-state index contributed by atoms with van der Waals surface area (Å²) >= 11 is 0. The summed E-state index contributed by atoms with van der Waals surface area (Å²) in [6.45, 7) is 1.60. The van der Waals surface area contributed by atoms with Crippen molar-refractivity contribution < 1.29 is 49.5 Å². The smallest absolute Gasteiger partial charge is 0.314 e. The molecule has 20 heavy (non-hydrogen) atoms. The Bertz CT molecular complexity index is 320. The van der Waals surface area contributed by atoms with Crippen molar-refractivity contribution in [3.05, 3.63) is 0 Å². The van der Waals surface area contributed by atoms with Crippen molar-refractivity contribution in [1.82, 2.24) is 0 Å². The number of hydrogen-bond donors (Lipinski definition) is 5. The molecule has 0 aromatic rings. The highest BCUT2D eigenvalue weighted by Crippen LogP contribution is 1.86. The highest BCUT2D eigenvalue weighted by molar-refractivity contribution is 5.88. The minimum absolute atomic E-state index is 0.222. The highest BCUT2D eigenvalue weighted by Gasteiger charge is 2.01. The maximum atomic E-state index is 9.64. The van der Waals surface area contributed by atoms with Crippen LogP contribution < -0.4 is 0 Å². The van der Waals surface area contributed by atoms with Crippen LogP contribution in [-0.2, 0) is 24.0 Å². The molecular formula is C10H16O10. The van der Waals surface area contributed by atoms with Crippen molar-refractivity contribution in [1.29, 1.82) is 0 Å². The van der Waals surface area contributed by atoms with Gasteiger partial charge < -0.3 is 25.5 Å². The second-order valence-corrected chi connectivity index (χ2v) is 3.00. The van der Waals surface area contributed by atoms with E-state index >= 15 is 0 Å². The third kappa shape index (κ3) is 45.3. The van der Waals surface area contributed by atoms with E-state index in [-0.39, 0.29) is 19.3 Å². The first-order valence-corrected chi connectivity index (χ1v) is 5.11. The molecule has 0 rings (SSSR count). The fourth-order valence-electron chi connectivity index (χ4n) is 0.343. The molecule has 0 aliphatic heterocycles. The van der Waals surface area contributed by atoms with Crippen LogP contribution >= 0.6 is 0 Å². The van der Waals surface area contributed by atoms with Crippen molar-refractivity contribution in [2.24, 2.45) is 0 Å². The van der Waals surface area contributed by atoms with Gasteiger partial charge in [0.1, 0.15) is 6.42 Å². The summed E-state index contributed by atoms with van der Waals surface area (Å²) in [7, 11) is 0. The molecule has 0 radical (unpaired) electrons. The topological polar surface area (TPSA) is 186 Å². The highest BCUT2D eigenvalue weighted by atomic mass is 16.4. The lowest BCUT2D eigenvalue weighted by Gasteiger charge is -1.85. The largest absolute Gasteiger partial charge is 0.481 e. The maximum Gasteiger partial charge on any atom is 0.314 e. The first-order valence-electron chi connectivity index (χ1n) is 5.11. The Morgan fingerprint density at radius 2 is 0.850 bits per heavy atom. The molecular weight excluding hydrogens is 280 g/mol. The molecule has 0 atom stereocenters. The SMILES string of the molecule is CCC(=O)O.O=C(O)CC(=O)O.O=C(O)CCC(=O)O. The van der Waals surface area contributed by atoms with E-state index in [0.29, 0.717) is 0 Å². The quantitative estimate of drug-likeness (QED) is 0.416. The van der Waals surface area contributed by atoms with E-state index in [1.165, 1.54) is 0 Å². The van der Waals surface area contributed by atoms with Gasteiger partial charge in [0.2, 0.25) is 0 Å². The zero-order valence-electron chi connectivity index (χ0n) is 10.6. The molecule has 0 bridgehead atoms. The third-order valence-corrected chi connectivity index (χ3v) is 1.16. The minimum atomic E-state index is -1.31. The normalized spacial score (nSPS) is 8.05. The molecule has 116 valence electrons. The van der Waals surface area contributed by atoms with Crippen molar-refractivity contribution in [2.75, 3.05) is 0 Å². The van der Waals surface area contributed by atoms with Gasteiger partial charge >= 0.3 is 29.8 Å². The molecule has 10 nitrogen and oxygen atoms in total. The van der Waals surface area contributed by atoms with Gasteiger partial charge in [0.25, 0.3) is 0 Å². The summed E-state index contributed by atoms with van der Waals surface area (Å²) in [5, 5.41) is 38.9. The molecule has 10 heteroatoms. The lowest BCUT2D eigenvalue weighted by molar-refractivity contribution is -0.147. The maximum absolute atomic E-state index is 9.64. The van der Waals surface area contributed by atoms with E-state index < -0.39 is 36.3 Å². The molecule has 0 saturated heterocycles. The molecule has 5 N–H and O–H groups in total. The van der Waals surface area contributed by atoms with Crippen LogP contribution in [0.4, 0.5) is 0 Å². The van der Waals surface area contributed by atoms with Gasteiger partial charge in [0.05, 0.1) is 12.8 Å². The Morgan fingerprint density at radius 1 is 0.600 bits per heavy atom. The monoisotopic (exact) mass is 296 g/mol. The molecule has 0 aliphatic rings. The molecule has 0 aliphatic carbocycles. The van der Waals surface area contributed by atoms with Gasteiger partial charge in [-0.3, -0.25) is 24.0 Å². The second-order valence-electron chi connectivity index (χ2n) is 3.00. The number of rotatable bonds is 6. The van der Waals surface area contributed by atoms with Gasteiger partial charge in [-0.15, -0.1) is 0 Å². The van der Waals surface area contributed by atoms with Crippen LogP contribution in [0.5, 0.6) is 0 Å². The molecule has 0 fully saturated rings. The molecule has 0 aromatic carbocycles. The van der Waals surface area contributed by atoms with Crippen molar-refractivity contribution in [2.45, 2.75) is 32.6 Å². The van der Waals surface area contributed by atoms with Gasteiger partial charge in [-0.25, -0.2) is 0 Å². The molecule has 0 aromatic heterocycles. The van der Waals surface area contributed by atoms with E-state index in [9.17, 15) is 24.0 Å². The van der Waals surface area contributed by atoms with Gasteiger partial charge in [-0.2, -0.15) is 0 Å². The first kappa shape index (κ1) is 22.5. The molecule has 0 unspecified atom stereocenters. The van der Waals surface area contributed by atoms with Gasteiger partial charge in [0, 0.05) is 6.42 Å². The Labute approximate surface area is 113 Å². The number of hydrogen-bond acceptors (Lipinski definition) is 5. The van der Waals surface area contributed by atoms with Crippen LogP contribution in [0.25, 0.3) is 0 Å². The summed E-state index contributed by atoms with van der Waals surface area (Å²) in [6, 6.07) is 0. The Morgan fingerprint density at radius 3 is 0.900 bits per heavy atom. The second kappa shape index (κ2) is 14.4.